The summed E-state index contributed by atoms with van der Waals surface area (Å²) in [5.41, 5.74) is 3.00. The summed E-state index contributed by atoms with van der Waals surface area (Å²) in [6.45, 7) is 0. The van der Waals surface area contributed by atoms with Crippen LogP contribution in [0.5, 0.6) is 0 Å². The van der Waals surface area contributed by atoms with Gasteiger partial charge in [-0.1, -0.05) is 29.5 Å². The molecular weight excluding hydrogens is 370 g/mol. The average molecular weight is 387 g/mol. The highest BCUT2D eigenvalue weighted by Gasteiger charge is 2.12. The topological polar surface area (TPSA) is 72.7 Å². The van der Waals surface area contributed by atoms with Gasteiger partial charge >= 0.3 is 0 Å². The third kappa shape index (κ3) is 4.44. The monoisotopic (exact) mass is 387 g/mol. The number of thioether (sulfide) groups is 1. The fourth-order valence-corrected chi connectivity index (χ4v) is 3.39. The Labute approximate surface area is 166 Å². The molecule has 4 rings (SSSR count). The van der Waals surface area contributed by atoms with Gasteiger partial charge in [-0.15, -0.1) is 16.9 Å². The van der Waals surface area contributed by atoms with Crippen LogP contribution in [0.15, 0.2) is 90.2 Å². The van der Waals surface area contributed by atoms with Crippen molar-refractivity contribution in [1.29, 1.82) is 0 Å². The third-order valence-corrected chi connectivity index (χ3v) is 5.07. The predicted molar refractivity (Wildman–Crippen MR) is 110 cm³/mol. The van der Waals surface area contributed by atoms with Crippen molar-refractivity contribution in [2.75, 3.05) is 5.32 Å². The summed E-state index contributed by atoms with van der Waals surface area (Å²) in [5, 5.41) is 10.8. The second-order valence-electron chi connectivity index (χ2n) is 6.01. The van der Waals surface area contributed by atoms with E-state index in [1.165, 1.54) is 5.56 Å². The van der Waals surface area contributed by atoms with Crippen molar-refractivity contribution in [3.05, 3.63) is 96.6 Å². The van der Waals surface area contributed by atoms with Crippen LogP contribution >= 0.6 is 11.8 Å². The molecule has 138 valence electrons. The zero-order valence-electron chi connectivity index (χ0n) is 14.9. The molecule has 2 heterocycles. The fourth-order valence-electron chi connectivity index (χ4n) is 2.55. The SMILES string of the molecule is O=C(Nc1ccc(SCc2cccnc2)cc1)c1cn(-c2ccccc2)nn1. The second kappa shape index (κ2) is 8.49. The molecule has 4 aromatic rings. The molecule has 2 aromatic heterocycles. The molecule has 0 aliphatic carbocycles. The Morgan fingerprint density at radius 3 is 2.57 bits per heavy atom. The van der Waals surface area contributed by atoms with E-state index in [0.717, 1.165) is 16.3 Å². The zero-order chi connectivity index (χ0) is 19.2. The van der Waals surface area contributed by atoms with E-state index < -0.39 is 0 Å². The number of amides is 1. The Hall–Kier alpha value is -3.45. The van der Waals surface area contributed by atoms with Crippen molar-refractivity contribution < 1.29 is 4.79 Å². The smallest absolute Gasteiger partial charge is 0.277 e. The first-order valence-electron chi connectivity index (χ1n) is 8.69. The van der Waals surface area contributed by atoms with Gasteiger partial charge < -0.3 is 5.32 Å². The van der Waals surface area contributed by atoms with Crippen LogP contribution in [0.25, 0.3) is 5.69 Å². The van der Waals surface area contributed by atoms with Crippen LogP contribution in [0.2, 0.25) is 0 Å². The Balaban J connectivity index is 1.36. The van der Waals surface area contributed by atoms with Crippen LogP contribution in [0, 0.1) is 0 Å². The summed E-state index contributed by atoms with van der Waals surface area (Å²) < 4.78 is 1.58. The van der Waals surface area contributed by atoms with Gasteiger partial charge in [-0.2, -0.15) is 0 Å². The average Bonchev–Trinajstić information content (AvgIpc) is 3.25. The van der Waals surface area contributed by atoms with Gasteiger partial charge in [0.15, 0.2) is 5.69 Å². The highest BCUT2D eigenvalue weighted by molar-refractivity contribution is 7.98. The lowest BCUT2D eigenvalue weighted by atomic mass is 10.3. The van der Waals surface area contributed by atoms with Crippen molar-refractivity contribution in [3.63, 3.8) is 0 Å². The molecule has 0 atom stereocenters. The predicted octanol–water partition coefficient (Wildman–Crippen LogP) is 4.21. The molecule has 7 heteroatoms. The molecule has 2 aromatic carbocycles. The summed E-state index contributed by atoms with van der Waals surface area (Å²) in [4.78, 5) is 17.7. The van der Waals surface area contributed by atoms with Crippen molar-refractivity contribution in [3.8, 4) is 5.69 Å². The van der Waals surface area contributed by atoms with Gasteiger partial charge in [0, 0.05) is 28.7 Å². The van der Waals surface area contributed by atoms with E-state index in [4.69, 9.17) is 0 Å². The molecule has 0 unspecified atom stereocenters. The Kier molecular flexibility index (Phi) is 5.44. The maximum Gasteiger partial charge on any atom is 0.277 e. The van der Waals surface area contributed by atoms with Crippen LogP contribution in [0.1, 0.15) is 16.1 Å². The lowest BCUT2D eigenvalue weighted by molar-refractivity contribution is 0.102. The molecule has 0 saturated carbocycles. The summed E-state index contributed by atoms with van der Waals surface area (Å²) in [6, 6.07) is 21.3. The van der Waals surface area contributed by atoms with E-state index in [1.54, 1.807) is 28.8 Å². The summed E-state index contributed by atoms with van der Waals surface area (Å²) in [5.74, 6) is 0.556. The van der Waals surface area contributed by atoms with Crippen LogP contribution in [0.4, 0.5) is 5.69 Å². The number of anilines is 1. The number of nitrogens with one attached hydrogen (secondary N) is 1. The Morgan fingerprint density at radius 1 is 1.00 bits per heavy atom. The van der Waals surface area contributed by atoms with Crippen LogP contribution in [-0.4, -0.2) is 25.9 Å². The number of para-hydroxylation sites is 1. The minimum absolute atomic E-state index is 0.263. The Bertz CT molecular complexity index is 1050. The lowest BCUT2D eigenvalue weighted by Gasteiger charge is -2.05. The second-order valence-corrected chi connectivity index (χ2v) is 7.06. The first-order valence-corrected chi connectivity index (χ1v) is 9.67. The van der Waals surface area contributed by atoms with Gasteiger partial charge in [0.05, 0.1) is 11.9 Å². The fraction of sp³-hybridized carbons (Fsp3) is 0.0476. The van der Waals surface area contributed by atoms with Crippen LogP contribution in [0.3, 0.4) is 0 Å². The van der Waals surface area contributed by atoms with E-state index in [2.05, 4.69) is 26.7 Å². The molecule has 28 heavy (non-hydrogen) atoms. The molecule has 0 bridgehead atoms. The van der Waals surface area contributed by atoms with Gasteiger partial charge in [0.2, 0.25) is 0 Å². The van der Waals surface area contributed by atoms with E-state index in [1.807, 2.05) is 66.9 Å². The number of benzene rings is 2. The van der Waals surface area contributed by atoms with Gasteiger partial charge in [-0.05, 0) is 48.0 Å². The van der Waals surface area contributed by atoms with Gasteiger partial charge in [0.25, 0.3) is 5.91 Å². The third-order valence-electron chi connectivity index (χ3n) is 3.99. The van der Waals surface area contributed by atoms with Crippen LogP contribution < -0.4 is 5.32 Å². The van der Waals surface area contributed by atoms with Gasteiger partial charge in [-0.3, -0.25) is 9.78 Å². The molecule has 1 N–H and O–H groups in total. The largest absolute Gasteiger partial charge is 0.321 e. The van der Waals surface area contributed by atoms with Crippen molar-refractivity contribution >= 4 is 23.4 Å². The number of hydrogen-bond donors (Lipinski definition) is 1. The van der Waals surface area contributed by atoms with Crippen molar-refractivity contribution in [2.24, 2.45) is 0 Å². The number of pyridine rings is 1. The molecule has 0 aliphatic rings. The van der Waals surface area contributed by atoms with Crippen LogP contribution in [-0.2, 0) is 5.75 Å². The standard InChI is InChI=1S/C21H17N5OS/c27-21(20-14-26(25-24-20)18-6-2-1-3-7-18)23-17-8-10-19(11-9-17)28-15-16-5-4-12-22-13-16/h1-14H,15H2,(H,23,27). The summed E-state index contributed by atoms with van der Waals surface area (Å²) >= 11 is 1.72. The van der Waals surface area contributed by atoms with Gasteiger partial charge in [0.1, 0.15) is 0 Å². The quantitative estimate of drug-likeness (QED) is 0.502. The van der Waals surface area contributed by atoms with Crippen molar-refractivity contribution in [1.82, 2.24) is 20.0 Å². The van der Waals surface area contributed by atoms with Gasteiger partial charge in [-0.25, -0.2) is 4.68 Å². The zero-order valence-corrected chi connectivity index (χ0v) is 15.7. The number of aromatic nitrogens is 4. The maximum atomic E-state index is 12.4. The van der Waals surface area contributed by atoms with E-state index in [0.29, 0.717) is 5.69 Å². The highest BCUT2D eigenvalue weighted by atomic mass is 32.2. The molecule has 0 saturated heterocycles. The number of carbonyl (C=O) groups excluding carboxylic acids is 1. The first kappa shape index (κ1) is 17.9. The molecule has 0 radical (unpaired) electrons. The molecule has 0 fully saturated rings. The number of carbonyl (C=O) groups is 1. The number of hydrogen-bond acceptors (Lipinski definition) is 5. The number of nitrogens with zero attached hydrogens (tertiary/aromatic N) is 4. The molecular formula is C21H17N5OS. The lowest BCUT2D eigenvalue weighted by Crippen LogP contribution is -2.12. The first-order chi connectivity index (χ1) is 13.8. The van der Waals surface area contributed by atoms with E-state index in [-0.39, 0.29) is 11.6 Å². The molecule has 0 aliphatic heterocycles. The normalized spacial score (nSPS) is 10.6. The minimum Gasteiger partial charge on any atom is -0.321 e. The van der Waals surface area contributed by atoms with Crippen molar-refractivity contribution in [2.45, 2.75) is 10.6 Å². The molecule has 0 spiro atoms. The maximum absolute atomic E-state index is 12.4. The van der Waals surface area contributed by atoms with E-state index >= 15 is 0 Å². The molecule has 6 nitrogen and oxygen atoms in total. The Morgan fingerprint density at radius 2 is 1.82 bits per heavy atom. The number of rotatable bonds is 6. The summed E-state index contributed by atoms with van der Waals surface area (Å²) in [6.07, 6.45) is 5.25. The molecule has 1 amide bonds. The van der Waals surface area contributed by atoms with E-state index in [9.17, 15) is 4.79 Å². The highest BCUT2D eigenvalue weighted by Crippen LogP contribution is 2.24. The minimum atomic E-state index is -0.294. The summed E-state index contributed by atoms with van der Waals surface area (Å²) in [7, 11) is 0.